The maximum absolute atomic E-state index is 11.9. The van der Waals surface area contributed by atoms with Crippen LogP contribution in [0.15, 0.2) is 29.4 Å². The molecule has 1 aromatic carbocycles. The van der Waals surface area contributed by atoms with E-state index in [0.29, 0.717) is 4.90 Å². The molecular formula is C18H23N3O3S. The maximum Gasteiger partial charge on any atom is 0.175 e. The van der Waals surface area contributed by atoms with Crippen molar-refractivity contribution in [1.29, 1.82) is 0 Å². The largest absolute Gasteiger partial charge is 0.375 e. The predicted molar refractivity (Wildman–Crippen MR) is 96.6 cm³/mol. The zero-order valence-electron chi connectivity index (χ0n) is 14.4. The summed E-state index contributed by atoms with van der Waals surface area (Å²) in [5.41, 5.74) is 0.809. The molecule has 1 spiro atoms. The Kier molecular flexibility index (Phi) is 4.16. The lowest BCUT2D eigenvalue weighted by Crippen LogP contribution is -2.31. The molecule has 0 saturated carbocycles. The van der Waals surface area contributed by atoms with E-state index in [9.17, 15) is 8.42 Å². The van der Waals surface area contributed by atoms with Gasteiger partial charge in [-0.3, -0.25) is 0 Å². The molecule has 1 atom stereocenters. The average molecular weight is 361 g/mol. The number of sulfone groups is 1. The molecule has 25 heavy (non-hydrogen) atoms. The topological polar surface area (TPSA) is 72.4 Å². The Morgan fingerprint density at radius 1 is 1.12 bits per heavy atom. The van der Waals surface area contributed by atoms with Gasteiger partial charge in [-0.1, -0.05) is 0 Å². The highest BCUT2D eigenvalue weighted by molar-refractivity contribution is 7.90. The van der Waals surface area contributed by atoms with Crippen molar-refractivity contribution in [1.82, 2.24) is 9.97 Å². The Balaban J connectivity index is 1.70. The third-order valence-corrected chi connectivity index (χ3v) is 6.51. The second-order valence-corrected chi connectivity index (χ2v) is 9.14. The van der Waals surface area contributed by atoms with Gasteiger partial charge in [0.15, 0.2) is 9.84 Å². The number of anilines is 1. The molecule has 0 bridgehead atoms. The Morgan fingerprint density at radius 3 is 2.72 bits per heavy atom. The van der Waals surface area contributed by atoms with E-state index < -0.39 is 9.84 Å². The summed E-state index contributed by atoms with van der Waals surface area (Å²) in [7, 11) is -3.26. The summed E-state index contributed by atoms with van der Waals surface area (Å²) in [5, 5.41) is 0.800. The predicted octanol–water partition coefficient (Wildman–Crippen LogP) is 2.57. The summed E-state index contributed by atoms with van der Waals surface area (Å²) >= 11 is 0. The van der Waals surface area contributed by atoms with Gasteiger partial charge in [0.2, 0.25) is 0 Å². The number of fused-ring (bicyclic) bond motifs is 1. The molecular weight excluding hydrogens is 338 g/mol. The lowest BCUT2D eigenvalue weighted by Gasteiger charge is -2.27. The molecule has 7 heteroatoms. The summed E-state index contributed by atoms with van der Waals surface area (Å²) in [5.74, 6) is 0.825. The molecule has 2 aliphatic heterocycles. The van der Waals surface area contributed by atoms with Gasteiger partial charge in [-0.05, 0) is 50.3 Å². The Labute approximate surface area is 148 Å². The van der Waals surface area contributed by atoms with E-state index in [1.165, 1.54) is 6.26 Å². The molecule has 134 valence electrons. The van der Waals surface area contributed by atoms with Crippen LogP contribution in [0.25, 0.3) is 10.9 Å². The van der Waals surface area contributed by atoms with E-state index >= 15 is 0 Å². The lowest BCUT2D eigenvalue weighted by atomic mass is 9.92. The van der Waals surface area contributed by atoms with E-state index in [4.69, 9.17) is 4.74 Å². The standard InChI is InChI=1S/C18H23N3O3S/c1-25(22,23)14-4-5-16-15(12-14)17(20-13-19-16)21-9-2-6-18(8-10-21)7-3-11-24-18/h4-5,12-13H,2-3,6-11H2,1H3. The molecule has 2 aliphatic rings. The van der Waals surface area contributed by atoms with Crippen LogP contribution in [0.1, 0.15) is 32.1 Å². The molecule has 1 unspecified atom stereocenters. The van der Waals surface area contributed by atoms with Crippen LogP contribution in [0.5, 0.6) is 0 Å². The van der Waals surface area contributed by atoms with Gasteiger partial charge in [0.25, 0.3) is 0 Å². The van der Waals surface area contributed by atoms with Crippen LogP contribution in [-0.4, -0.2) is 49.9 Å². The second kappa shape index (κ2) is 6.21. The molecule has 0 N–H and O–H groups in total. The van der Waals surface area contributed by atoms with Gasteiger partial charge in [-0.25, -0.2) is 18.4 Å². The maximum atomic E-state index is 11.9. The highest BCUT2D eigenvalue weighted by Crippen LogP contribution is 2.37. The minimum absolute atomic E-state index is 0.0372. The first-order valence-corrected chi connectivity index (χ1v) is 10.7. The summed E-state index contributed by atoms with van der Waals surface area (Å²) in [4.78, 5) is 11.3. The highest BCUT2D eigenvalue weighted by Gasteiger charge is 2.37. The van der Waals surface area contributed by atoms with Crippen LogP contribution in [0, 0.1) is 0 Å². The first-order valence-electron chi connectivity index (χ1n) is 8.81. The van der Waals surface area contributed by atoms with Gasteiger partial charge >= 0.3 is 0 Å². The van der Waals surface area contributed by atoms with E-state index in [1.807, 2.05) is 0 Å². The fourth-order valence-corrected chi connectivity index (χ4v) is 4.68. The SMILES string of the molecule is CS(=O)(=O)c1ccc2ncnc(N3CCCC4(CCCO4)CC3)c2c1. The van der Waals surface area contributed by atoms with Crippen molar-refractivity contribution >= 4 is 26.6 Å². The minimum atomic E-state index is -3.26. The number of ether oxygens (including phenoxy) is 1. The quantitative estimate of drug-likeness (QED) is 0.819. The van der Waals surface area contributed by atoms with Crippen LogP contribution in [0.2, 0.25) is 0 Å². The minimum Gasteiger partial charge on any atom is -0.375 e. The number of rotatable bonds is 2. The van der Waals surface area contributed by atoms with Gasteiger partial charge in [-0.2, -0.15) is 0 Å². The van der Waals surface area contributed by atoms with E-state index in [0.717, 1.165) is 68.5 Å². The average Bonchev–Trinajstić information content (AvgIpc) is 2.94. The van der Waals surface area contributed by atoms with Crippen LogP contribution in [-0.2, 0) is 14.6 Å². The number of hydrogen-bond donors (Lipinski definition) is 0. The van der Waals surface area contributed by atoms with Crippen molar-refractivity contribution in [3.8, 4) is 0 Å². The molecule has 1 aromatic heterocycles. The summed E-state index contributed by atoms with van der Waals surface area (Å²) in [6.45, 7) is 2.64. The summed E-state index contributed by atoms with van der Waals surface area (Å²) in [6, 6.07) is 5.07. The van der Waals surface area contributed by atoms with Crippen LogP contribution >= 0.6 is 0 Å². The zero-order chi connectivity index (χ0) is 17.5. The molecule has 2 fully saturated rings. The first kappa shape index (κ1) is 16.7. The fraction of sp³-hybridized carbons (Fsp3) is 0.556. The van der Waals surface area contributed by atoms with Crippen LogP contribution < -0.4 is 4.90 Å². The Hall–Kier alpha value is -1.73. The summed E-state index contributed by atoms with van der Waals surface area (Å²) in [6.07, 6.45) is 8.20. The van der Waals surface area contributed by atoms with Crippen LogP contribution in [0.3, 0.4) is 0 Å². The molecule has 0 radical (unpaired) electrons. The smallest absolute Gasteiger partial charge is 0.175 e. The number of hydrogen-bond acceptors (Lipinski definition) is 6. The number of benzene rings is 1. The van der Waals surface area contributed by atoms with Gasteiger partial charge in [0.1, 0.15) is 12.1 Å². The lowest BCUT2D eigenvalue weighted by molar-refractivity contribution is -0.00492. The second-order valence-electron chi connectivity index (χ2n) is 7.12. The van der Waals surface area contributed by atoms with Gasteiger partial charge in [-0.15, -0.1) is 0 Å². The first-order chi connectivity index (χ1) is 12.0. The van der Waals surface area contributed by atoms with Crippen molar-refractivity contribution in [2.75, 3.05) is 30.9 Å². The third-order valence-electron chi connectivity index (χ3n) is 5.40. The molecule has 3 heterocycles. The van der Waals surface area contributed by atoms with E-state index in [1.54, 1.807) is 24.5 Å². The molecule has 2 saturated heterocycles. The van der Waals surface area contributed by atoms with Crippen LogP contribution in [0.4, 0.5) is 5.82 Å². The Bertz CT molecular complexity index is 892. The molecule has 2 aromatic rings. The molecule has 0 aliphatic carbocycles. The van der Waals surface area contributed by atoms with Gasteiger partial charge in [0, 0.05) is 31.3 Å². The van der Waals surface area contributed by atoms with Crippen molar-refractivity contribution in [3.63, 3.8) is 0 Å². The zero-order valence-corrected chi connectivity index (χ0v) is 15.3. The summed E-state index contributed by atoms with van der Waals surface area (Å²) < 4.78 is 29.9. The molecule has 6 nitrogen and oxygen atoms in total. The van der Waals surface area contributed by atoms with Crippen molar-refractivity contribution in [2.45, 2.75) is 42.6 Å². The van der Waals surface area contributed by atoms with Crippen molar-refractivity contribution in [2.24, 2.45) is 0 Å². The number of nitrogens with zero attached hydrogens (tertiary/aromatic N) is 3. The van der Waals surface area contributed by atoms with Gasteiger partial charge in [0.05, 0.1) is 16.0 Å². The van der Waals surface area contributed by atoms with E-state index in [-0.39, 0.29) is 5.60 Å². The molecule has 0 amide bonds. The van der Waals surface area contributed by atoms with Gasteiger partial charge < -0.3 is 9.64 Å². The van der Waals surface area contributed by atoms with Crippen molar-refractivity contribution in [3.05, 3.63) is 24.5 Å². The fourth-order valence-electron chi connectivity index (χ4n) is 4.03. The van der Waals surface area contributed by atoms with E-state index in [2.05, 4.69) is 14.9 Å². The monoisotopic (exact) mass is 361 g/mol. The molecule has 4 rings (SSSR count). The number of aromatic nitrogens is 2. The van der Waals surface area contributed by atoms with Crippen molar-refractivity contribution < 1.29 is 13.2 Å². The third kappa shape index (κ3) is 3.22. The Morgan fingerprint density at radius 2 is 1.96 bits per heavy atom. The highest BCUT2D eigenvalue weighted by atomic mass is 32.2. The normalized spacial score (nSPS) is 24.8.